The van der Waals surface area contributed by atoms with Crippen molar-refractivity contribution in [3.63, 3.8) is 0 Å². The Morgan fingerprint density at radius 2 is 1.61 bits per heavy atom. The number of hydrogen-bond acceptors (Lipinski definition) is 1. The van der Waals surface area contributed by atoms with Crippen molar-refractivity contribution in [3.05, 3.63) is 47.4 Å². The summed E-state index contributed by atoms with van der Waals surface area (Å²) in [4.78, 5) is 1.21. The molecule has 0 radical (unpaired) electrons. The Labute approximate surface area is 116 Å². The summed E-state index contributed by atoms with van der Waals surface area (Å²) in [5, 5.41) is 1.29. The Kier molecular flexibility index (Phi) is 8.06. The second kappa shape index (κ2) is 8.71. The molecule has 0 spiro atoms. The fourth-order valence-electron chi connectivity index (χ4n) is 1.61. The zero-order chi connectivity index (χ0) is 14.1. The molecule has 1 heterocycles. The average molecular weight is 260 g/mol. The van der Waals surface area contributed by atoms with Crippen molar-refractivity contribution in [2.75, 3.05) is 0 Å². The second-order valence-corrected chi connectivity index (χ2v) is 4.37. The van der Waals surface area contributed by atoms with E-state index in [1.165, 1.54) is 26.1 Å². The molecule has 0 N–H and O–H groups in total. The van der Waals surface area contributed by atoms with Gasteiger partial charge in [-0.15, -0.1) is 11.3 Å². The van der Waals surface area contributed by atoms with Gasteiger partial charge in [0.2, 0.25) is 0 Å². The van der Waals surface area contributed by atoms with Gasteiger partial charge in [-0.05, 0) is 24.6 Å². The molecule has 1 aromatic heterocycles. The lowest BCUT2D eigenvalue weighted by molar-refractivity contribution is 1.50. The van der Waals surface area contributed by atoms with Crippen molar-refractivity contribution in [2.45, 2.75) is 34.6 Å². The highest BCUT2D eigenvalue weighted by molar-refractivity contribution is 7.20. The Balaban J connectivity index is 0.000000659. The molecule has 0 saturated heterocycles. The van der Waals surface area contributed by atoms with Crippen LogP contribution in [0.2, 0.25) is 0 Å². The van der Waals surface area contributed by atoms with Gasteiger partial charge in [0, 0.05) is 15.0 Å². The molecule has 0 aliphatic rings. The molecule has 2 rings (SSSR count). The zero-order valence-electron chi connectivity index (χ0n) is 12.2. The SMILES string of the molecule is C=Cc1sc2ccc(C)cc2c1C=C.CC.CC. The molecule has 0 aliphatic carbocycles. The van der Waals surface area contributed by atoms with E-state index in [2.05, 4.69) is 38.3 Å². The molecule has 1 heteroatoms. The largest absolute Gasteiger partial charge is 0.135 e. The first kappa shape index (κ1) is 16.7. The van der Waals surface area contributed by atoms with E-state index in [0.29, 0.717) is 0 Å². The summed E-state index contributed by atoms with van der Waals surface area (Å²) in [5.41, 5.74) is 2.50. The van der Waals surface area contributed by atoms with Crippen LogP contribution >= 0.6 is 11.3 Å². The first-order valence-corrected chi connectivity index (χ1v) is 7.36. The van der Waals surface area contributed by atoms with Crippen LogP contribution in [-0.2, 0) is 0 Å². The summed E-state index contributed by atoms with van der Waals surface area (Å²) in [6.07, 6.45) is 3.81. The van der Waals surface area contributed by atoms with E-state index in [-0.39, 0.29) is 0 Å². The Hall–Kier alpha value is -1.34. The summed E-state index contributed by atoms with van der Waals surface area (Å²) in [5.74, 6) is 0. The summed E-state index contributed by atoms with van der Waals surface area (Å²) in [6, 6.07) is 6.50. The maximum Gasteiger partial charge on any atom is 0.0355 e. The second-order valence-electron chi connectivity index (χ2n) is 3.29. The summed E-state index contributed by atoms with van der Waals surface area (Å²) in [6.45, 7) is 17.8. The molecule has 0 atom stereocenters. The van der Waals surface area contributed by atoms with Crippen LogP contribution in [-0.4, -0.2) is 0 Å². The van der Waals surface area contributed by atoms with Crippen molar-refractivity contribution in [1.82, 2.24) is 0 Å². The van der Waals surface area contributed by atoms with Gasteiger partial charge in [0.15, 0.2) is 0 Å². The van der Waals surface area contributed by atoms with E-state index in [0.717, 1.165) is 0 Å². The monoisotopic (exact) mass is 260 g/mol. The molecular formula is C17H24S. The summed E-state index contributed by atoms with van der Waals surface area (Å²) in [7, 11) is 0. The Morgan fingerprint density at radius 3 is 2.11 bits per heavy atom. The number of fused-ring (bicyclic) bond motifs is 1. The highest BCUT2D eigenvalue weighted by atomic mass is 32.1. The van der Waals surface area contributed by atoms with Crippen LogP contribution in [0.25, 0.3) is 22.2 Å². The third kappa shape index (κ3) is 3.58. The third-order valence-electron chi connectivity index (χ3n) is 2.30. The molecule has 0 saturated carbocycles. The van der Waals surface area contributed by atoms with Crippen molar-refractivity contribution >= 4 is 33.6 Å². The lowest BCUT2D eigenvalue weighted by Gasteiger charge is -1.94. The van der Waals surface area contributed by atoms with Gasteiger partial charge in [-0.3, -0.25) is 0 Å². The molecule has 0 bridgehead atoms. The van der Waals surface area contributed by atoms with E-state index < -0.39 is 0 Å². The van der Waals surface area contributed by atoms with Crippen LogP contribution in [0.15, 0.2) is 31.4 Å². The first-order valence-electron chi connectivity index (χ1n) is 6.54. The standard InChI is InChI=1S/C13H12S.2C2H6/c1-4-10-11-8-9(3)6-7-13(11)14-12(10)5-2;2*1-2/h4-8H,1-2H2,3H3;2*1-2H3. The normalized spacial score (nSPS) is 8.72. The lowest BCUT2D eigenvalue weighted by atomic mass is 10.1. The van der Waals surface area contributed by atoms with E-state index in [1.54, 1.807) is 11.3 Å². The number of rotatable bonds is 2. The van der Waals surface area contributed by atoms with Crippen LogP contribution in [0, 0.1) is 6.92 Å². The molecule has 2 aromatic rings. The molecule has 0 unspecified atom stereocenters. The predicted molar refractivity (Wildman–Crippen MR) is 89.4 cm³/mol. The molecule has 98 valence electrons. The van der Waals surface area contributed by atoms with Gasteiger partial charge in [-0.1, -0.05) is 64.6 Å². The van der Waals surface area contributed by atoms with Gasteiger partial charge in [0.05, 0.1) is 0 Å². The smallest absolute Gasteiger partial charge is 0.0355 e. The van der Waals surface area contributed by atoms with Crippen LogP contribution in [0.3, 0.4) is 0 Å². The summed E-state index contributed by atoms with van der Waals surface area (Å²) < 4.78 is 1.31. The first-order chi connectivity index (χ1) is 8.76. The van der Waals surface area contributed by atoms with Crippen molar-refractivity contribution < 1.29 is 0 Å². The van der Waals surface area contributed by atoms with E-state index in [1.807, 2.05) is 39.8 Å². The number of aryl methyl sites for hydroxylation is 1. The van der Waals surface area contributed by atoms with Crippen molar-refractivity contribution in [3.8, 4) is 0 Å². The quantitative estimate of drug-likeness (QED) is 0.574. The van der Waals surface area contributed by atoms with Gasteiger partial charge in [-0.2, -0.15) is 0 Å². The lowest BCUT2D eigenvalue weighted by Crippen LogP contribution is -1.73. The Morgan fingerprint density at radius 1 is 1.00 bits per heavy atom. The topological polar surface area (TPSA) is 0 Å². The zero-order valence-corrected chi connectivity index (χ0v) is 13.0. The average Bonchev–Trinajstić information content (AvgIpc) is 2.80. The molecule has 0 amide bonds. The van der Waals surface area contributed by atoms with E-state index >= 15 is 0 Å². The van der Waals surface area contributed by atoms with Crippen LogP contribution in [0.5, 0.6) is 0 Å². The minimum atomic E-state index is 1.21. The fourth-order valence-corrected chi connectivity index (χ4v) is 2.65. The van der Waals surface area contributed by atoms with Crippen LogP contribution in [0.1, 0.15) is 43.7 Å². The Bertz CT molecular complexity index is 504. The fraction of sp³-hybridized carbons (Fsp3) is 0.294. The van der Waals surface area contributed by atoms with Gasteiger partial charge in [0.25, 0.3) is 0 Å². The van der Waals surface area contributed by atoms with Gasteiger partial charge >= 0.3 is 0 Å². The van der Waals surface area contributed by atoms with Gasteiger partial charge in [-0.25, -0.2) is 0 Å². The number of thiophene rings is 1. The number of benzene rings is 1. The number of hydrogen-bond donors (Lipinski definition) is 0. The van der Waals surface area contributed by atoms with Crippen LogP contribution < -0.4 is 0 Å². The highest BCUT2D eigenvalue weighted by Crippen LogP contribution is 2.33. The van der Waals surface area contributed by atoms with E-state index in [9.17, 15) is 0 Å². The third-order valence-corrected chi connectivity index (χ3v) is 3.48. The maximum atomic E-state index is 3.85. The van der Waals surface area contributed by atoms with Gasteiger partial charge in [0.1, 0.15) is 0 Å². The molecule has 0 aliphatic heterocycles. The molecule has 0 fully saturated rings. The molecule has 1 aromatic carbocycles. The van der Waals surface area contributed by atoms with Crippen LogP contribution in [0.4, 0.5) is 0 Å². The molecule has 0 nitrogen and oxygen atoms in total. The highest BCUT2D eigenvalue weighted by Gasteiger charge is 2.06. The molecule has 18 heavy (non-hydrogen) atoms. The van der Waals surface area contributed by atoms with Crippen molar-refractivity contribution in [2.24, 2.45) is 0 Å². The minimum absolute atomic E-state index is 1.21. The molecular weight excluding hydrogens is 236 g/mol. The summed E-state index contributed by atoms with van der Waals surface area (Å²) >= 11 is 1.77. The predicted octanol–water partition coefficient (Wildman–Crippen LogP) is 6.55. The van der Waals surface area contributed by atoms with Gasteiger partial charge < -0.3 is 0 Å². The van der Waals surface area contributed by atoms with E-state index in [4.69, 9.17) is 0 Å². The minimum Gasteiger partial charge on any atom is -0.135 e. The maximum absolute atomic E-state index is 3.85. The van der Waals surface area contributed by atoms with Crippen molar-refractivity contribution in [1.29, 1.82) is 0 Å².